The Bertz CT molecular complexity index is 954. The van der Waals surface area contributed by atoms with Gasteiger partial charge in [0.1, 0.15) is 5.69 Å². The quantitative estimate of drug-likeness (QED) is 0.686. The number of aromatic nitrogens is 3. The standard InChI is InChI=1S/C23H26N4O/c1-23(2,3)19-11-9-18(10-12-19)22(28)26-14-13-20(15-26)27-16-21(24-25-27)17-7-5-4-6-8-17/h4-12,16,20H,13-15H2,1-3H3. The first-order chi connectivity index (χ1) is 13.4. The predicted octanol–water partition coefficient (Wildman–Crippen LogP) is 4.33. The van der Waals surface area contributed by atoms with E-state index in [-0.39, 0.29) is 17.4 Å². The van der Waals surface area contributed by atoms with Crippen LogP contribution in [0.5, 0.6) is 0 Å². The first-order valence-corrected chi connectivity index (χ1v) is 9.79. The minimum atomic E-state index is 0.0872. The summed E-state index contributed by atoms with van der Waals surface area (Å²) < 4.78 is 1.90. The lowest BCUT2D eigenvalue weighted by Gasteiger charge is -2.20. The maximum Gasteiger partial charge on any atom is 0.253 e. The van der Waals surface area contributed by atoms with Gasteiger partial charge in [0.25, 0.3) is 5.91 Å². The molecule has 1 amide bonds. The molecule has 5 nitrogen and oxygen atoms in total. The number of likely N-dealkylation sites (tertiary alicyclic amines) is 1. The SMILES string of the molecule is CC(C)(C)c1ccc(C(=O)N2CCC(n3cc(-c4ccccc4)nn3)C2)cc1. The van der Waals surface area contributed by atoms with Crippen molar-refractivity contribution in [2.45, 2.75) is 38.6 Å². The average molecular weight is 374 g/mol. The van der Waals surface area contributed by atoms with E-state index in [1.807, 2.05) is 58.2 Å². The highest BCUT2D eigenvalue weighted by Gasteiger charge is 2.29. The number of amides is 1. The Labute approximate surface area is 166 Å². The molecule has 0 bridgehead atoms. The first kappa shape index (κ1) is 18.4. The van der Waals surface area contributed by atoms with Crippen LogP contribution >= 0.6 is 0 Å². The summed E-state index contributed by atoms with van der Waals surface area (Å²) in [4.78, 5) is 14.8. The number of nitrogens with zero attached hydrogens (tertiary/aromatic N) is 4. The third kappa shape index (κ3) is 3.70. The normalized spacial score (nSPS) is 17.1. The second kappa shape index (κ2) is 7.23. The zero-order valence-electron chi connectivity index (χ0n) is 16.7. The number of carbonyl (C=O) groups is 1. The van der Waals surface area contributed by atoms with Crippen molar-refractivity contribution in [1.29, 1.82) is 0 Å². The summed E-state index contributed by atoms with van der Waals surface area (Å²) in [6.45, 7) is 7.94. The van der Waals surface area contributed by atoms with Crippen LogP contribution in [-0.4, -0.2) is 38.9 Å². The summed E-state index contributed by atoms with van der Waals surface area (Å²) >= 11 is 0. The van der Waals surface area contributed by atoms with Crippen molar-refractivity contribution in [2.75, 3.05) is 13.1 Å². The number of hydrogen-bond donors (Lipinski definition) is 0. The van der Waals surface area contributed by atoms with Crippen LogP contribution < -0.4 is 0 Å². The monoisotopic (exact) mass is 374 g/mol. The smallest absolute Gasteiger partial charge is 0.253 e. The molecule has 144 valence electrons. The molecule has 1 aliphatic rings. The highest BCUT2D eigenvalue weighted by atomic mass is 16.2. The molecular formula is C23H26N4O. The fraction of sp³-hybridized carbons (Fsp3) is 0.348. The summed E-state index contributed by atoms with van der Waals surface area (Å²) in [5, 5.41) is 8.61. The number of carbonyl (C=O) groups excluding carboxylic acids is 1. The number of benzene rings is 2. The molecule has 1 aliphatic heterocycles. The molecule has 0 spiro atoms. The van der Waals surface area contributed by atoms with Gasteiger partial charge in [0.05, 0.1) is 12.2 Å². The van der Waals surface area contributed by atoms with E-state index in [0.29, 0.717) is 6.54 Å². The van der Waals surface area contributed by atoms with Gasteiger partial charge in [-0.25, -0.2) is 4.68 Å². The molecule has 0 radical (unpaired) electrons. The van der Waals surface area contributed by atoms with Crippen molar-refractivity contribution in [3.8, 4) is 11.3 Å². The van der Waals surface area contributed by atoms with Gasteiger partial charge in [-0.2, -0.15) is 0 Å². The van der Waals surface area contributed by atoms with Gasteiger partial charge >= 0.3 is 0 Å². The van der Waals surface area contributed by atoms with Crippen LogP contribution in [0, 0.1) is 0 Å². The molecule has 0 saturated carbocycles. The minimum Gasteiger partial charge on any atom is -0.336 e. The van der Waals surface area contributed by atoms with Gasteiger partial charge in [0.15, 0.2) is 0 Å². The second-order valence-corrected chi connectivity index (χ2v) is 8.47. The fourth-order valence-corrected chi connectivity index (χ4v) is 3.63. The molecule has 1 fully saturated rings. The van der Waals surface area contributed by atoms with Crippen molar-refractivity contribution in [2.24, 2.45) is 0 Å². The summed E-state index contributed by atoms with van der Waals surface area (Å²) in [7, 11) is 0. The zero-order valence-corrected chi connectivity index (χ0v) is 16.7. The largest absolute Gasteiger partial charge is 0.336 e. The van der Waals surface area contributed by atoms with Gasteiger partial charge in [-0.3, -0.25) is 4.79 Å². The van der Waals surface area contributed by atoms with Crippen LogP contribution in [0.2, 0.25) is 0 Å². The summed E-state index contributed by atoms with van der Waals surface area (Å²) in [5.41, 5.74) is 3.99. The molecule has 2 aromatic carbocycles. The molecule has 4 rings (SSSR count). The lowest BCUT2D eigenvalue weighted by Crippen LogP contribution is -2.29. The third-order valence-electron chi connectivity index (χ3n) is 5.40. The van der Waals surface area contributed by atoms with E-state index in [4.69, 9.17) is 0 Å². The van der Waals surface area contributed by atoms with Crippen LogP contribution in [0.4, 0.5) is 0 Å². The molecule has 1 saturated heterocycles. The molecule has 2 heterocycles. The van der Waals surface area contributed by atoms with Crippen LogP contribution in [0.3, 0.4) is 0 Å². The van der Waals surface area contributed by atoms with Crippen LogP contribution in [-0.2, 0) is 5.41 Å². The molecule has 28 heavy (non-hydrogen) atoms. The zero-order chi connectivity index (χ0) is 19.7. The third-order valence-corrected chi connectivity index (χ3v) is 5.40. The maximum absolute atomic E-state index is 12.9. The maximum atomic E-state index is 12.9. The molecule has 0 aliphatic carbocycles. The van der Waals surface area contributed by atoms with Gasteiger partial charge in [-0.15, -0.1) is 5.10 Å². The van der Waals surface area contributed by atoms with E-state index in [9.17, 15) is 4.79 Å². The molecule has 5 heteroatoms. The van der Waals surface area contributed by atoms with E-state index in [0.717, 1.165) is 29.8 Å². The molecule has 1 unspecified atom stereocenters. The van der Waals surface area contributed by atoms with Crippen LogP contribution in [0.25, 0.3) is 11.3 Å². The molecule has 1 aromatic heterocycles. The predicted molar refractivity (Wildman–Crippen MR) is 110 cm³/mol. The average Bonchev–Trinajstić information content (AvgIpc) is 3.37. The molecular weight excluding hydrogens is 348 g/mol. The van der Waals surface area contributed by atoms with Crippen molar-refractivity contribution in [3.63, 3.8) is 0 Å². The minimum absolute atomic E-state index is 0.0872. The Morgan fingerprint density at radius 3 is 2.43 bits per heavy atom. The van der Waals surface area contributed by atoms with E-state index < -0.39 is 0 Å². The van der Waals surface area contributed by atoms with Crippen molar-refractivity contribution < 1.29 is 4.79 Å². The number of rotatable bonds is 3. The van der Waals surface area contributed by atoms with Crippen molar-refractivity contribution in [3.05, 3.63) is 71.9 Å². The van der Waals surface area contributed by atoms with E-state index >= 15 is 0 Å². The first-order valence-electron chi connectivity index (χ1n) is 9.79. The van der Waals surface area contributed by atoms with Crippen LogP contribution in [0.15, 0.2) is 60.8 Å². The Hall–Kier alpha value is -2.95. The van der Waals surface area contributed by atoms with Crippen LogP contribution in [0.1, 0.15) is 49.2 Å². The Balaban J connectivity index is 1.44. The number of hydrogen-bond acceptors (Lipinski definition) is 3. The molecule has 0 N–H and O–H groups in total. The van der Waals surface area contributed by atoms with Crippen molar-refractivity contribution in [1.82, 2.24) is 19.9 Å². The Morgan fingerprint density at radius 1 is 1.04 bits per heavy atom. The van der Waals surface area contributed by atoms with E-state index in [2.05, 4.69) is 43.2 Å². The lowest BCUT2D eigenvalue weighted by atomic mass is 9.86. The summed E-state index contributed by atoms with van der Waals surface area (Å²) in [6.07, 6.45) is 2.87. The van der Waals surface area contributed by atoms with Gasteiger partial charge in [-0.05, 0) is 29.5 Å². The highest BCUT2D eigenvalue weighted by Crippen LogP contribution is 2.26. The topological polar surface area (TPSA) is 51.0 Å². The summed E-state index contributed by atoms with van der Waals surface area (Å²) in [6, 6.07) is 18.2. The molecule has 3 aromatic rings. The van der Waals surface area contributed by atoms with Gasteiger partial charge in [-0.1, -0.05) is 68.4 Å². The molecule has 1 atom stereocenters. The summed E-state index contributed by atoms with van der Waals surface area (Å²) in [5.74, 6) is 0.0892. The fourth-order valence-electron chi connectivity index (χ4n) is 3.63. The lowest BCUT2D eigenvalue weighted by molar-refractivity contribution is 0.0787. The second-order valence-electron chi connectivity index (χ2n) is 8.47. The van der Waals surface area contributed by atoms with Gasteiger partial charge in [0, 0.05) is 24.2 Å². The Kier molecular flexibility index (Phi) is 4.75. The van der Waals surface area contributed by atoms with Crippen molar-refractivity contribution >= 4 is 5.91 Å². The van der Waals surface area contributed by atoms with E-state index in [1.165, 1.54) is 5.56 Å². The Morgan fingerprint density at radius 2 is 1.75 bits per heavy atom. The van der Waals surface area contributed by atoms with Gasteiger partial charge < -0.3 is 4.90 Å². The van der Waals surface area contributed by atoms with E-state index in [1.54, 1.807) is 0 Å². The van der Waals surface area contributed by atoms with Gasteiger partial charge in [0.2, 0.25) is 0 Å². The highest BCUT2D eigenvalue weighted by molar-refractivity contribution is 5.94.